The molecule has 2 N–H and O–H groups in total. The normalized spacial score (nSPS) is 14.7. The summed E-state index contributed by atoms with van der Waals surface area (Å²) < 4.78 is 0. The van der Waals surface area contributed by atoms with Crippen LogP contribution < -0.4 is 10.2 Å². The molecule has 2 aromatic carbocycles. The van der Waals surface area contributed by atoms with Gasteiger partial charge < -0.3 is 15.1 Å². The highest BCUT2D eigenvalue weighted by atomic mass is 35.5. The van der Waals surface area contributed by atoms with Crippen LogP contribution in [0.4, 0.5) is 5.69 Å². The third-order valence-corrected chi connectivity index (χ3v) is 5.75. The quantitative estimate of drug-likeness (QED) is 0.756. The fourth-order valence-electron chi connectivity index (χ4n) is 3.33. The average Bonchev–Trinajstić information content (AvgIpc) is 2.70. The van der Waals surface area contributed by atoms with Crippen LogP contribution in [0, 0.1) is 0 Å². The number of para-hydroxylation sites is 1. The molecule has 0 atom stereocenters. The first-order chi connectivity index (χ1) is 13.6. The number of carbonyl (C=O) groups excluding carboxylic acids is 2. The Hall–Kier alpha value is -2.02. The zero-order valence-corrected chi connectivity index (χ0v) is 17.5. The van der Waals surface area contributed by atoms with E-state index in [9.17, 15) is 9.59 Å². The molecule has 3 rings (SSSR count). The zero-order chi connectivity index (χ0) is 19.9. The third-order valence-electron chi connectivity index (χ3n) is 4.80. The van der Waals surface area contributed by atoms with E-state index in [1.165, 1.54) is 10.5 Å². The summed E-state index contributed by atoms with van der Waals surface area (Å²) in [7, 11) is 0. The molecule has 1 aliphatic rings. The molecular weight excluding hydrogens is 394 g/mol. The number of rotatable bonds is 6. The minimum atomic E-state index is -0.0624. The topological polar surface area (TPSA) is 53.9 Å². The molecule has 1 saturated heterocycles. The smallest absolute Gasteiger partial charge is 0.279 e. The van der Waals surface area contributed by atoms with Crippen LogP contribution in [0.2, 0.25) is 5.02 Å². The van der Waals surface area contributed by atoms with Gasteiger partial charge >= 0.3 is 0 Å². The molecule has 0 aliphatic carbocycles. The summed E-state index contributed by atoms with van der Waals surface area (Å²) in [5.74, 6) is 0.912. The van der Waals surface area contributed by atoms with E-state index in [1.54, 1.807) is 23.9 Å². The highest BCUT2D eigenvalue weighted by Gasteiger charge is 2.26. The lowest BCUT2D eigenvalue weighted by Crippen LogP contribution is -3.15. The first-order valence-electron chi connectivity index (χ1n) is 9.32. The van der Waals surface area contributed by atoms with Crippen molar-refractivity contribution in [3.63, 3.8) is 0 Å². The van der Waals surface area contributed by atoms with Gasteiger partial charge in [0.05, 0.1) is 36.9 Å². The lowest BCUT2D eigenvalue weighted by Gasteiger charge is -2.32. The number of halogens is 1. The fourth-order valence-corrected chi connectivity index (χ4v) is 4.03. The molecule has 148 valence electrons. The molecule has 28 heavy (non-hydrogen) atoms. The lowest BCUT2D eigenvalue weighted by molar-refractivity contribution is -0.895. The maximum absolute atomic E-state index is 12.8. The van der Waals surface area contributed by atoms with Crippen molar-refractivity contribution in [2.45, 2.75) is 5.75 Å². The average molecular weight is 419 g/mol. The molecule has 2 aromatic rings. The molecule has 0 unspecified atom stereocenters. The van der Waals surface area contributed by atoms with Crippen molar-refractivity contribution in [1.29, 1.82) is 0 Å². The van der Waals surface area contributed by atoms with Crippen LogP contribution in [0.15, 0.2) is 48.5 Å². The van der Waals surface area contributed by atoms with Crippen LogP contribution in [-0.2, 0) is 10.5 Å². The molecule has 2 amide bonds. The number of benzene rings is 2. The van der Waals surface area contributed by atoms with Crippen LogP contribution >= 0.6 is 23.4 Å². The Morgan fingerprint density at radius 1 is 1.14 bits per heavy atom. The van der Waals surface area contributed by atoms with Gasteiger partial charge in [0.1, 0.15) is 0 Å². The van der Waals surface area contributed by atoms with Gasteiger partial charge in [-0.15, -0.1) is 0 Å². The monoisotopic (exact) mass is 418 g/mol. The second kappa shape index (κ2) is 9.96. The van der Waals surface area contributed by atoms with E-state index in [1.807, 2.05) is 41.3 Å². The molecule has 1 heterocycles. The number of quaternary nitrogens is 1. The van der Waals surface area contributed by atoms with Crippen LogP contribution in [-0.4, -0.2) is 55.7 Å². The van der Waals surface area contributed by atoms with E-state index in [2.05, 4.69) is 11.6 Å². The van der Waals surface area contributed by atoms with Crippen molar-refractivity contribution in [2.24, 2.45) is 0 Å². The minimum absolute atomic E-state index is 0.0624. The maximum Gasteiger partial charge on any atom is 0.279 e. The SMILES string of the molecule is CSCc1cccc(C(=O)N2CC[NH+](CC(=O)Nc3ccccc3Cl)CC2)c1. The molecule has 1 fully saturated rings. The van der Waals surface area contributed by atoms with Gasteiger partial charge in [0, 0.05) is 11.3 Å². The number of hydrogen-bond donors (Lipinski definition) is 2. The van der Waals surface area contributed by atoms with Gasteiger partial charge in [0.15, 0.2) is 6.54 Å². The van der Waals surface area contributed by atoms with Crippen LogP contribution in [0.3, 0.4) is 0 Å². The maximum atomic E-state index is 12.8. The van der Waals surface area contributed by atoms with Gasteiger partial charge in [-0.05, 0) is 36.1 Å². The third kappa shape index (κ3) is 5.50. The van der Waals surface area contributed by atoms with E-state index in [-0.39, 0.29) is 11.8 Å². The molecular formula is C21H25ClN3O2S+. The number of thioether (sulfide) groups is 1. The van der Waals surface area contributed by atoms with Gasteiger partial charge in [-0.1, -0.05) is 35.9 Å². The van der Waals surface area contributed by atoms with Crippen LogP contribution in [0.1, 0.15) is 15.9 Å². The number of hydrogen-bond acceptors (Lipinski definition) is 3. The van der Waals surface area contributed by atoms with E-state index >= 15 is 0 Å². The molecule has 0 bridgehead atoms. The van der Waals surface area contributed by atoms with E-state index < -0.39 is 0 Å². The van der Waals surface area contributed by atoms with Crippen LogP contribution in [0.25, 0.3) is 0 Å². The minimum Gasteiger partial charge on any atom is -0.327 e. The van der Waals surface area contributed by atoms with Gasteiger partial charge in [-0.2, -0.15) is 11.8 Å². The molecule has 5 nitrogen and oxygen atoms in total. The van der Waals surface area contributed by atoms with Crippen molar-refractivity contribution in [3.8, 4) is 0 Å². The van der Waals surface area contributed by atoms with E-state index in [4.69, 9.17) is 11.6 Å². The summed E-state index contributed by atoms with van der Waals surface area (Å²) in [5, 5.41) is 3.39. The van der Waals surface area contributed by atoms with E-state index in [0.717, 1.165) is 24.4 Å². The molecule has 0 radical (unpaired) electrons. The molecule has 0 saturated carbocycles. The predicted molar refractivity (Wildman–Crippen MR) is 115 cm³/mol. The molecule has 7 heteroatoms. The Morgan fingerprint density at radius 3 is 2.61 bits per heavy atom. The van der Waals surface area contributed by atoms with Crippen LogP contribution in [0.5, 0.6) is 0 Å². The van der Waals surface area contributed by atoms with Gasteiger partial charge in [-0.3, -0.25) is 9.59 Å². The predicted octanol–water partition coefficient (Wildman–Crippen LogP) is 2.18. The molecule has 0 spiro atoms. The Balaban J connectivity index is 1.50. The number of anilines is 1. The second-order valence-electron chi connectivity index (χ2n) is 6.88. The summed E-state index contributed by atoms with van der Waals surface area (Å²) >= 11 is 7.83. The Kier molecular flexibility index (Phi) is 7.36. The summed E-state index contributed by atoms with van der Waals surface area (Å²) in [6.45, 7) is 3.19. The summed E-state index contributed by atoms with van der Waals surface area (Å²) in [6, 6.07) is 15.1. The summed E-state index contributed by atoms with van der Waals surface area (Å²) in [4.78, 5) is 28.1. The standard InChI is InChI=1S/C21H24ClN3O2S/c1-28-15-16-5-4-6-17(13-16)21(27)25-11-9-24(10-12-25)14-20(26)23-19-8-3-2-7-18(19)22/h2-8,13H,9-12,14-15H2,1H3,(H,23,26)/p+1. The highest BCUT2D eigenvalue weighted by Crippen LogP contribution is 2.20. The Labute approximate surface area is 175 Å². The largest absolute Gasteiger partial charge is 0.327 e. The highest BCUT2D eigenvalue weighted by molar-refractivity contribution is 7.97. The van der Waals surface area contributed by atoms with E-state index in [0.29, 0.717) is 30.3 Å². The summed E-state index contributed by atoms with van der Waals surface area (Å²) in [6.07, 6.45) is 2.05. The zero-order valence-electron chi connectivity index (χ0n) is 15.9. The van der Waals surface area contributed by atoms with Crippen molar-refractivity contribution in [1.82, 2.24) is 4.90 Å². The first-order valence-corrected chi connectivity index (χ1v) is 11.1. The number of nitrogens with one attached hydrogen (secondary N) is 2. The number of carbonyl (C=O) groups is 2. The van der Waals surface area contributed by atoms with Crippen molar-refractivity contribution < 1.29 is 14.5 Å². The Bertz CT molecular complexity index is 838. The Morgan fingerprint density at radius 2 is 1.89 bits per heavy atom. The van der Waals surface area contributed by atoms with Crippen molar-refractivity contribution in [2.75, 3.05) is 44.3 Å². The second-order valence-corrected chi connectivity index (χ2v) is 8.15. The van der Waals surface area contributed by atoms with Gasteiger partial charge in [0.25, 0.3) is 11.8 Å². The molecule has 0 aromatic heterocycles. The van der Waals surface area contributed by atoms with Crippen molar-refractivity contribution in [3.05, 3.63) is 64.7 Å². The number of piperazine rings is 1. The van der Waals surface area contributed by atoms with Gasteiger partial charge in [0.2, 0.25) is 0 Å². The molecule has 1 aliphatic heterocycles. The lowest BCUT2D eigenvalue weighted by atomic mass is 10.1. The number of amides is 2. The van der Waals surface area contributed by atoms with Gasteiger partial charge in [-0.25, -0.2) is 0 Å². The number of nitrogens with zero attached hydrogens (tertiary/aromatic N) is 1. The fraction of sp³-hybridized carbons (Fsp3) is 0.333. The summed E-state index contributed by atoms with van der Waals surface area (Å²) in [5.41, 5.74) is 2.54. The first kappa shape index (κ1) is 20.7. The van der Waals surface area contributed by atoms with Crippen molar-refractivity contribution >= 4 is 40.9 Å².